The van der Waals surface area contributed by atoms with Crippen LogP contribution >= 0.6 is 11.8 Å². The number of rotatable bonds is 10. The van der Waals surface area contributed by atoms with Gasteiger partial charge in [-0.2, -0.15) is 0 Å². The van der Waals surface area contributed by atoms with Crippen molar-refractivity contribution in [2.24, 2.45) is 11.8 Å². The van der Waals surface area contributed by atoms with Gasteiger partial charge in [-0.1, -0.05) is 0 Å². The molecule has 10 heteroatoms. The molecule has 0 saturated carbocycles. The zero-order chi connectivity index (χ0) is 23.6. The van der Waals surface area contributed by atoms with Gasteiger partial charge in [0.1, 0.15) is 6.04 Å². The summed E-state index contributed by atoms with van der Waals surface area (Å²) >= 11 is 1.66. The van der Waals surface area contributed by atoms with Crippen LogP contribution in [-0.2, 0) is 23.9 Å². The highest BCUT2D eigenvalue weighted by atomic mass is 32.2. The molecule has 4 rings (SSSR count). The van der Waals surface area contributed by atoms with Gasteiger partial charge in [0, 0.05) is 44.1 Å². The van der Waals surface area contributed by atoms with E-state index in [1.165, 1.54) is 0 Å². The van der Waals surface area contributed by atoms with E-state index >= 15 is 0 Å². The number of carbonyl (C=O) groups is 3. The van der Waals surface area contributed by atoms with Crippen LogP contribution in [0.3, 0.4) is 0 Å². The molecule has 2 bridgehead atoms. The Morgan fingerprint density at radius 3 is 2.70 bits per heavy atom. The van der Waals surface area contributed by atoms with Crippen molar-refractivity contribution in [2.75, 3.05) is 59.2 Å². The molecular formula is C23H37N3O6S. The highest BCUT2D eigenvalue weighted by Gasteiger charge is 2.77. The maximum Gasteiger partial charge on any atom is 0.311 e. The number of morpholine rings is 1. The molecule has 5 atom stereocenters. The van der Waals surface area contributed by atoms with Crippen molar-refractivity contribution in [3.05, 3.63) is 0 Å². The summed E-state index contributed by atoms with van der Waals surface area (Å²) in [5, 5.41) is 12.3. The second-order valence-electron chi connectivity index (χ2n) is 9.69. The van der Waals surface area contributed by atoms with Crippen LogP contribution in [0.1, 0.15) is 39.5 Å². The number of esters is 1. The Morgan fingerprint density at radius 2 is 2.00 bits per heavy atom. The van der Waals surface area contributed by atoms with Gasteiger partial charge in [0.25, 0.3) is 0 Å². The smallest absolute Gasteiger partial charge is 0.311 e. The van der Waals surface area contributed by atoms with Crippen LogP contribution in [0.15, 0.2) is 0 Å². The second kappa shape index (κ2) is 10.1. The minimum Gasteiger partial charge on any atom is -0.466 e. The van der Waals surface area contributed by atoms with E-state index in [2.05, 4.69) is 10.2 Å². The van der Waals surface area contributed by atoms with Gasteiger partial charge in [-0.3, -0.25) is 19.3 Å². The molecule has 4 aliphatic heterocycles. The average molecular weight is 484 g/mol. The minimum absolute atomic E-state index is 0.0469. The van der Waals surface area contributed by atoms with Crippen LogP contribution in [0.25, 0.3) is 0 Å². The van der Waals surface area contributed by atoms with Gasteiger partial charge in [0.15, 0.2) is 0 Å². The summed E-state index contributed by atoms with van der Waals surface area (Å²) in [6.07, 6.45) is 2.71. The van der Waals surface area contributed by atoms with Gasteiger partial charge in [-0.25, -0.2) is 0 Å². The molecule has 4 heterocycles. The van der Waals surface area contributed by atoms with E-state index in [4.69, 9.17) is 9.47 Å². The zero-order valence-corrected chi connectivity index (χ0v) is 20.5. The number of thioether (sulfide) groups is 1. The number of unbranched alkanes of at least 4 members (excludes halogenated alkanes) is 1. The number of likely N-dealkylation sites (tertiary alicyclic amines) is 1. The fourth-order valence-corrected chi connectivity index (χ4v) is 8.55. The van der Waals surface area contributed by atoms with Gasteiger partial charge in [-0.15, -0.1) is 11.8 Å². The van der Waals surface area contributed by atoms with Crippen LogP contribution in [0.4, 0.5) is 0 Å². The van der Waals surface area contributed by atoms with Gasteiger partial charge in [-0.05, 0) is 39.5 Å². The lowest BCUT2D eigenvalue weighted by Gasteiger charge is -2.34. The van der Waals surface area contributed by atoms with Crippen LogP contribution in [0.5, 0.6) is 0 Å². The molecule has 4 saturated heterocycles. The van der Waals surface area contributed by atoms with E-state index in [-0.39, 0.29) is 31.0 Å². The average Bonchev–Trinajstić information content (AvgIpc) is 3.36. The van der Waals surface area contributed by atoms with Crippen molar-refractivity contribution in [1.82, 2.24) is 15.1 Å². The summed E-state index contributed by atoms with van der Waals surface area (Å²) in [7, 11) is 0. The Hall–Kier alpha value is -1.36. The third-order valence-corrected chi connectivity index (χ3v) is 9.69. The number of aliphatic hydroxyl groups excluding tert-OH is 1. The fourth-order valence-electron chi connectivity index (χ4n) is 6.21. The summed E-state index contributed by atoms with van der Waals surface area (Å²) in [5.41, 5.74) is 0. The minimum atomic E-state index is -0.607. The topological polar surface area (TPSA) is 108 Å². The summed E-state index contributed by atoms with van der Waals surface area (Å²) in [5.74, 6) is -1.64. The van der Waals surface area contributed by atoms with Gasteiger partial charge in [0.2, 0.25) is 11.8 Å². The van der Waals surface area contributed by atoms with E-state index in [1.54, 1.807) is 23.6 Å². The monoisotopic (exact) mass is 483 g/mol. The zero-order valence-electron chi connectivity index (χ0n) is 19.7. The lowest BCUT2D eigenvalue weighted by Crippen LogP contribution is -2.54. The maximum absolute atomic E-state index is 13.7. The first-order valence-corrected chi connectivity index (χ1v) is 13.1. The third-order valence-electron chi connectivity index (χ3n) is 7.70. The number of hydrogen-bond donors (Lipinski definition) is 2. The molecule has 0 aliphatic carbocycles. The number of nitrogens with one attached hydrogen (secondary N) is 1. The molecule has 2 unspecified atom stereocenters. The Labute approximate surface area is 199 Å². The molecule has 4 fully saturated rings. The van der Waals surface area contributed by atoms with Crippen LogP contribution in [-0.4, -0.2) is 107 Å². The molecule has 4 aliphatic rings. The lowest BCUT2D eigenvalue weighted by molar-refractivity contribution is -0.155. The van der Waals surface area contributed by atoms with Gasteiger partial charge in [0.05, 0.1) is 36.4 Å². The number of carbonyl (C=O) groups excluding carboxylic acids is 3. The van der Waals surface area contributed by atoms with Crippen molar-refractivity contribution < 1.29 is 29.0 Å². The molecule has 2 amide bonds. The van der Waals surface area contributed by atoms with Crippen LogP contribution < -0.4 is 5.32 Å². The number of amides is 2. The lowest BCUT2D eigenvalue weighted by atomic mass is 9.66. The maximum atomic E-state index is 13.7. The van der Waals surface area contributed by atoms with E-state index < -0.39 is 27.4 Å². The standard InChI is InChI=1S/C23H37N3O6S/c1-3-32-21(30)17-16-20(29)26(9-4-5-13-27)18(23(16)7-6-22(17,2)33-23)19(28)24-8-10-25-11-14-31-15-12-25/h16-18,27H,3-15H2,1-2H3,(H,24,28)/t16-,17-,18?,22+,23?/m0/s1. The fraction of sp³-hybridized carbons (Fsp3) is 0.870. The van der Waals surface area contributed by atoms with E-state index in [0.29, 0.717) is 39.1 Å². The molecule has 0 radical (unpaired) electrons. The number of aliphatic hydroxyl groups is 1. The molecule has 33 heavy (non-hydrogen) atoms. The second-order valence-corrected chi connectivity index (χ2v) is 11.6. The predicted molar refractivity (Wildman–Crippen MR) is 124 cm³/mol. The third kappa shape index (κ3) is 4.39. The summed E-state index contributed by atoms with van der Waals surface area (Å²) in [4.78, 5) is 44.2. The SMILES string of the molecule is CCOC(=O)[C@@H]1[C@H]2C(=O)N(CCCCO)C(C(=O)NCCN3CCOCC3)C23CC[C@@]1(C)S3. The molecule has 186 valence electrons. The number of ether oxygens (including phenoxy) is 2. The first-order valence-electron chi connectivity index (χ1n) is 12.2. The van der Waals surface area contributed by atoms with Crippen molar-refractivity contribution in [2.45, 2.75) is 55.1 Å². The van der Waals surface area contributed by atoms with Crippen molar-refractivity contribution in [3.8, 4) is 0 Å². The molecule has 2 N–H and O–H groups in total. The highest BCUT2D eigenvalue weighted by Crippen LogP contribution is 2.71. The van der Waals surface area contributed by atoms with E-state index in [0.717, 1.165) is 32.5 Å². The Morgan fingerprint density at radius 1 is 1.24 bits per heavy atom. The number of fused-ring (bicyclic) bond motifs is 1. The Kier molecular flexibility index (Phi) is 7.57. The summed E-state index contributed by atoms with van der Waals surface area (Å²) in [6, 6.07) is -0.607. The first-order chi connectivity index (χ1) is 15.9. The van der Waals surface area contributed by atoms with E-state index in [9.17, 15) is 19.5 Å². The molecule has 0 aromatic heterocycles. The van der Waals surface area contributed by atoms with Crippen LogP contribution in [0.2, 0.25) is 0 Å². The molecule has 0 aromatic carbocycles. The molecule has 9 nitrogen and oxygen atoms in total. The van der Waals surface area contributed by atoms with Crippen molar-refractivity contribution in [1.29, 1.82) is 0 Å². The number of hydrogen-bond acceptors (Lipinski definition) is 8. The predicted octanol–water partition coefficient (Wildman–Crippen LogP) is 0.252. The Bertz CT molecular complexity index is 762. The van der Waals surface area contributed by atoms with Gasteiger partial charge >= 0.3 is 5.97 Å². The Balaban J connectivity index is 1.54. The van der Waals surface area contributed by atoms with Crippen molar-refractivity contribution in [3.63, 3.8) is 0 Å². The van der Waals surface area contributed by atoms with Crippen molar-refractivity contribution >= 4 is 29.5 Å². The highest BCUT2D eigenvalue weighted by molar-refractivity contribution is 8.02. The summed E-state index contributed by atoms with van der Waals surface area (Å²) in [6.45, 7) is 8.93. The van der Waals surface area contributed by atoms with Crippen LogP contribution in [0, 0.1) is 11.8 Å². The first kappa shape index (κ1) is 24.8. The normalized spacial score (nSPS) is 35.7. The summed E-state index contributed by atoms with van der Waals surface area (Å²) < 4.78 is 9.77. The molecular weight excluding hydrogens is 446 g/mol. The quantitative estimate of drug-likeness (QED) is 0.336. The largest absolute Gasteiger partial charge is 0.466 e. The molecule has 0 aromatic rings. The van der Waals surface area contributed by atoms with E-state index in [1.807, 2.05) is 6.92 Å². The number of nitrogens with zero attached hydrogens (tertiary/aromatic N) is 2. The van der Waals surface area contributed by atoms with Gasteiger partial charge < -0.3 is 24.8 Å². The molecule has 1 spiro atoms.